The van der Waals surface area contributed by atoms with Gasteiger partial charge in [0.2, 0.25) is 0 Å². The number of hydrogen-bond donors (Lipinski definition) is 0. The number of alkyl halides is 3. The molecule has 5 nitrogen and oxygen atoms in total. The molecule has 3 aromatic carbocycles. The van der Waals surface area contributed by atoms with Crippen LogP contribution in [0.2, 0.25) is 0 Å². The maximum Gasteiger partial charge on any atom is 0.417 e. The first-order chi connectivity index (χ1) is 16.1. The van der Waals surface area contributed by atoms with Gasteiger partial charge in [0.25, 0.3) is 0 Å². The number of hydrogen-bond acceptors (Lipinski definition) is 4. The Morgan fingerprint density at radius 1 is 0.971 bits per heavy atom. The topological polar surface area (TPSA) is 75.8 Å². The molecule has 172 valence electrons. The monoisotopic (exact) mass is 481 g/mol. The highest BCUT2D eigenvalue weighted by molar-refractivity contribution is 7.90. The predicted molar refractivity (Wildman–Crippen MR) is 122 cm³/mol. The average Bonchev–Trinajstić information content (AvgIpc) is 3.22. The van der Waals surface area contributed by atoms with Crippen LogP contribution in [0.5, 0.6) is 0 Å². The SMILES string of the molecule is CS(=O)(=O)c1cccc(-c2ccc(-n3cc(CC#N)nc3-c3ccccc3C(F)(F)F)cc2)c1. The summed E-state index contributed by atoms with van der Waals surface area (Å²) in [5.74, 6) is 0.0741. The van der Waals surface area contributed by atoms with Crippen LogP contribution in [0.4, 0.5) is 13.2 Å². The molecule has 0 saturated heterocycles. The lowest BCUT2D eigenvalue weighted by Crippen LogP contribution is -2.08. The van der Waals surface area contributed by atoms with Crippen LogP contribution in [0.25, 0.3) is 28.2 Å². The van der Waals surface area contributed by atoms with Gasteiger partial charge in [-0.05, 0) is 41.5 Å². The second-order valence-corrected chi connectivity index (χ2v) is 9.67. The first-order valence-electron chi connectivity index (χ1n) is 10.1. The Balaban J connectivity index is 1.81. The highest BCUT2D eigenvalue weighted by Gasteiger charge is 2.34. The van der Waals surface area contributed by atoms with Crippen molar-refractivity contribution in [2.45, 2.75) is 17.5 Å². The van der Waals surface area contributed by atoms with Crippen molar-refractivity contribution in [1.29, 1.82) is 5.26 Å². The Kier molecular flexibility index (Phi) is 6.02. The van der Waals surface area contributed by atoms with Gasteiger partial charge in [0.05, 0.1) is 28.6 Å². The fourth-order valence-corrected chi connectivity index (χ4v) is 4.29. The molecule has 34 heavy (non-hydrogen) atoms. The lowest BCUT2D eigenvalue weighted by molar-refractivity contribution is -0.137. The van der Waals surface area contributed by atoms with Gasteiger partial charge in [-0.3, -0.25) is 4.57 Å². The molecule has 0 bridgehead atoms. The van der Waals surface area contributed by atoms with E-state index in [2.05, 4.69) is 4.98 Å². The summed E-state index contributed by atoms with van der Waals surface area (Å²) in [6.45, 7) is 0. The van der Waals surface area contributed by atoms with Gasteiger partial charge in [-0.1, -0.05) is 42.5 Å². The predicted octanol–water partition coefficient (Wildman–Crippen LogP) is 5.69. The van der Waals surface area contributed by atoms with Crippen LogP contribution < -0.4 is 0 Å². The highest BCUT2D eigenvalue weighted by atomic mass is 32.2. The lowest BCUT2D eigenvalue weighted by atomic mass is 10.0. The van der Waals surface area contributed by atoms with Crippen LogP contribution in [0.15, 0.2) is 83.9 Å². The maximum absolute atomic E-state index is 13.6. The standard InChI is InChI=1S/C25H18F3N3O2S/c1-34(32,33)21-6-4-5-18(15-21)17-9-11-20(12-10-17)31-16-19(13-14-29)30-24(31)22-7-2-3-8-23(22)25(26,27)28/h2-12,15-16H,13H2,1H3. The lowest BCUT2D eigenvalue weighted by Gasteiger charge is -2.14. The zero-order chi connectivity index (χ0) is 24.5. The Bertz CT molecular complexity index is 1500. The van der Waals surface area contributed by atoms with Gasteiger partial charge in [-0.2, -0.15) is 18.4 Å². The molecule has 0 aliphatic rings. The summed E-state index contributed by atoms with van der Waals surface area (Å²) in [6, 6.07) is 20.6. The van der Waals surface area contributed by atoms with Crippen LogP contribution in [-0.2, 0) is 22.4 Å². The smallest absolute Gasteiger partial charge is 0.299 e. The number of rotatable bonds is 5. The number of halogens is 3. The number of aromatic nitrogens is 2. The summed E-state index contributed by atoms with van der Waals surface area (Å²) < 4.78 is 66.2. The molecule has 9 heteroatoms. The van der Waals surface area contributed by atoms with E-state index in [0.29, 0.717) is 16.9 Å². The fourth-order valence-electron chi connectivity index (χ4n) is 3.63. The summed E-state index contributed by atoms with van der Waals surface area (Å²) >= 11 is 0. The molecular formula is C25H18F3N3O2S. The van der Waals surface area contributed by atoms with Crippen molar-refractivity contribution in [2.24, 2.45) is 0 Å². The number of imidazole rings is 1. The Labute approximate surface area is 194 Å². The molecule has 0 fully saturated rings. The highest BCUT2D eigenvalue weighted by Crippen LogP contribution is 2.37. The number of sulfone groups is 1. The summed E-state index contributed by atoms with van der Waals surface area (Å²) in [5, 5.41) is 9.06. The van der Waals surface area contributed by atoms with Gasteiger partial charge in [0, 0.05) is 23.7 Å². The molecule has 0 unspecified atom stereocenters. The number of nitriles is 1. The largest absolute Gasteiger partial charge is 0.417 e. The molecule has 4 aromatic rings. The molecule has 0 atom stereocenters. The first kappa shape index (κ1) is 23.3. The minimum Gasteiger partial charge on any atom is -0.299 e. The van der Waals surface area contributed by atoms with Crippen molar-refractivity contribution < 1.29 is 21.6 Å². The van der Waals surface area contributed by atoms with Crippen LogP contribution >= 0.6 is 0 Å². The van der Waals surface area contributed by atoms with Crippen molar-refractivity contribution in [3.8, 4) is 34.3 Å². The second kappa shape index (κ2) is 8.80. The molecular weight excluding hydrogens is 463 g/mol. The second-order valence-electron chi connectivity index (χ2n) is 7.65. The van der Waals surface area contributed by atoms with Crippen molar-refractivity contribution in [3.05, 3.63) is 90.3 Å². The van der Waals surface area contributed by atoms with Gasteiger partial charge >= 0.3 is 6.18 Å². The van der Waals surface area contributed by atoms with E-state index in [-0.39, 0.29) is 22.7 Å². The zero-order valence-corrected chi connectivity index (χ0v) is 18.7. The van der Waals surface area contributed by atoms with Gasteiger partial charge in [-0.15, -0.1) is 0 Å². The van der Waals surface area contributed by atoms with E-state index < -0.39 is 21.6 Å². The third-order valence-corrected chi connectivity index (χ3v) is 6.34. The van der Waals surface area contributed by atoms with E-state index in [1.54, 1.807) is 48.7 Å². The van der Waals surface area contributed by atoms with Gasteiger partial charge in [0.1, 0.15) is 5.82 Å². The number of benzene rings is 3. The Hall–Kier alpha value is -3.90. The quantitative estimate of drug-likeness (QED) is 0.367. The summed E-state index contributed by atoms with van der Waals surface area (Å²) in [5.41, 5.74) is 1.41. The number of nitrogens with zero attached hydrogens (tertiary/aromatic N) is 3. The fraction of sp³-hybridized carbons (Fsp3) is 0.120. The van der Waals surface area contributed by atoms with Gasteiger partial charge in [0.15, 0.2) is 9.84 Å². The van der Waals surface area contributed by atoms with E-state index in [4.69, 9.17) is 5.26 Å². The van der Waals surface area contributed by atoms with Crippen LogP contribution in [0.1, 0.15) is 11.3 Å². The van der Waals surface area contributed by atoms with Gasteiger partial charge < -0.3 is 0 Å². The van der Waals surface area contributed by atoms with E-state index in [1.165, 1.54) is 28.8 Å². The minimum absolute atomic E-state index is 0.0510. The molecule has 1 heterocycles. The normalized spacial score (nSPS) is 11.9. The zero-order valence-electron chi connectivity index (χ0n) is 17.9. The van der Waals surface area contributed by atoms with Crippen molar-refractivity contribution >= 4 is 9.84 Å². The van der Waals surface area contributed by atoms with Crippen LogP contribution in [0.3, 0.4) is 0 Å². The molecule has 0 aliphatic carbocycles. The van der Waals surface area contributed by atoms with Crippen molar-refractivity contribution in [1.82, 2.24) is 9.55 Å². The molecule has 0 spiro atoms. The molecule has 0 aliphatic heterocycles. The molecule has 0 N–H and O–H groups in total. The van der Waals surface area contributed by atoms with E-state index in [0.717, 1.165) is 17.9 Å². The maximum atomic E-state index is 13.6. The van der Waals surface area contributed by atoms with E-state index in [1.807, 2.05) is 6.07 Å². The Morgan fingerprint density at radius 3 is 2.32 bits per heavy atom. The summed E-state index contributed by atoms with van der Waals surface area (Å²) in [6.07, 6.45) is -1.94. The summed E-state index contributed by atoms with van der Waals surface area (Å²) in [4.78, 5) is 4.50. The van der Waals surface area contributed by atoms with E-state index >= 15 is 0 Å². The third-order valence-electron chi connectivity index (χ3n) is 5.23. The molecule has 4 rings (SSSR count). The summed E-state index contributed by atoms with van der Waals surface area (Å²) in [7, 11) is -3.37. The molecule has 0 saturated carbocycles. The van der Waals surface area contributed by atoms with Gasteiger partial charge in [-0.25, -0.2) is 13.4 Å². The van der Waals surface area contributed by atoms with E-state index in [9.17, 15) is 21.6 Å². The molecule has 0 amide bonds. The molecule has 1 aromatic heterocycles. The van der Waals surface area contributed by atoms with Crippen molar-refractivity contribution in [3.63, 3.8) is 0 Å². The van der Waals surface area contributed by atoms with Crippen molar-refractivity contribution in [2.75, 3.05) is 6.26 Å². The van der Waals surface area contributed by atoms with Crippen LogP contribution in [0, 0.1) is 11.3 Å². The average molecular weight is 481 g/mol. The first-order valence-corrected chi connectivity index (χ1v) is 12.0. The Morgan fingerprint density at radius 2 is 1.68 bits per heavy atom. The minimum atomic E-state index is -4.57. The third kappa shape index (κ3) is 4.72. The van der Waals surface area contributed by atoms with Crippen LogP contribution in [-0.4, -0.2) is 24.2 Å². The molecule has 0 radical (unpaired) electrons.